The molecule has 0 aliphatic heterocycles. The number of aliphatic hydroxyl groups is 1. The zero-order valence-electron chi connectivity index (χ0n) is 11.7. The van der Waals surface area contributed by atoms with Gasteiger partial charge in [-0.15, -0.1) is 0 Å². The molecular weight excluding hydrogens is 272 g/mol. The van der Waals surface area contributed by atoms with Crippen LogP contribution in [0.25, 0.3) is 0 Å². The highest BCUT2D eigenvalue weighted by Crippen LogP contribution is 2.36. The summed E-state index contributed by atoms with van der Waals surface area (Å²) in [4.78, 5) is 10.5. The number of hydrogen-bond acceptors (Lipinski definition) is 5. The van der Waals surface area contributed by atoms with E-state index in [9.17, 15) is 15.0 Å². The molecule has 3 N–H and O–H groups in total. The third-order valence-electron chi connectivity index (χ3n) is 2.67. The first-order chi connectivity index (χ1) is 10.2. The van der Waals surface area contributed by atoms with E-state index < -0.39 is 0 Å². The number of aldehydes is 1. The second-order valence-electron chi connectivity index (χ2n) is 4.11. The Morgan fingerprint density at radius 3 is 2.33 bits per heavy atom. The van der Waals surface area contributed by atoms with Crippen LogP contribution >= 0.6 is 0 Å². The Balaban J connectivity index is 0.00000106. The fourth-order valence-electron chi connectivity index (χ4n) is 1.71. The highest BCUT2D eigenvalue weighted by atomic mass is 16.5. The molecule has 5 nitrogen and oxygen atoms in total. The number of hydrogen-bond donors (Lipinski definition) is 3. The molecule has 0 unspecified atom stereocenters. The van der Waals surface area contributed by atoms with E-state index in [0.717, 1.165) is 19.0 Å². The molecule has 0 bridgehead atoms. The van der Waals surface area contributed by atoms with Crippen molar-refractivity contribution in [2.75, 3.05) is 7.11 Å². The third-order valence-corrected chi connectivity index (χ3v) is 2.67. The number of rotatable bonds is 5. The summed E-state index contributed by atoms with van der Waals surface area (Å²) < 4.78 is 5.46. The molecule has 0 aromatic heterocycles. The van der Waals surface area contributed by atoms with E-state index in [-0.39, 0.29) is 30.3 Å². The number of aromatic hydroxyl groups is 2. The second-order valence-corrected chi connectivity index (χ2v) is 4.11. The Morgan fingerprint density at radius 1 is 1.05 bits per heavy atom. The van der Waals surface area contributed by atoms with Crippen LogP contribution in [0.1, 0.15) is 11.1 Å². The summed E-state index contributed by atoms with van der Waals surface area (Å²) in [6, 6.07) is 12.4. The van der Waals surface area contributed by atoms with Gasteiger partial charge in [0.2, 0.25) is 5.75 Å². The van der Waals surface area contributed by atoms with Crippen molar-refractivity contribution in [1.82, 2.24) is 0 Å². The molecule has 21 heavy (non-hydrogen) atoms. The van der Waals surface area contributed by atoms with Gasteiger partial charge in [0.05, 0.1) is 0 Å². The minimum atomic E-state index is -0.314. The van der Waals surface area contributed by atoms with Crippen molar-refractivity contribution in [2.24, 2.45) is 0 Å². The van der Waals surface area contributed by atoms with Crippen molar-refractivity contribution in [3.63, 3.8) is 0 Å². The highest BCUT2D eigenvalue weighted by molar-refractivity contribution is 5.59. The molecule has 0 amide bonds. The van der Waals surface area contributed by atoms with Gasteiger partial charge >= 0.3 is 0 Å². The van der Waals surface area contributed by atoms with E-state index >= 15 is 0 Å². The standard InChI is InChI=1S/C15H14O4.CH4O/c16-7-6-12-8-13(17)15(18)14(9-12)19-10-11-4-2-1-3-5-11;1-2/h1-5,7-9,17-18H,6,10H2;2H,1H3. The lowest BCUT2D eigenvalue weighted by Crippen LogP contribution is -1.97. The maximum absolute atomic E-state index is 10.5. The number of ether oxygens (including phenoxy) is 1. The lowest BCUT2D eigenvalue weighted by Gasteiger charge is -2.10. The maximum Gasteiger partial charge on any atom is 0.200 e. The van der Waals surface area contributed by atoms with E-state index in [1.165, 1.54) is 6.07 Å². The van der Waals surface area contributed by atoms with Gasteiger partial charge in [-0.05, 0) is 23.3 Å². The summed E-state index contributed by atoms with van der Waals surface area (Å²) in [6.45, 7) is 0.276. The van der Waals surface area contributed by atoms with Crippen LogP contribution in [-0.2, 0) is 17.8 Å². The molecule has 2 aromatic rings. The zero-order chi connectivity index (χ0) is 15.7. The van der Waals surface area contributed by atoms with E-state index in [4.69, 9.17) is 9.84 Å². The number of phenolic OH excluding ortho intramolecular Hbond substituents is 2. The molecule has 0 spiro atoms. The van der Waals surface area contributed by atoms with E-state index in [0.29, 0.717) is 5.56 Å². The number of carbonyl (C=O) groups excluding carboxylic acids is 1. The van der Waals surface area contributed by atoms with Crippen LogP contribution < -0.4 is 4.74 Å². The van der Waals surface area contributed by atoms with E-state index in [1.807, 2.05) is 30.3 Å². The lowest BCUT2D eigenvalue weighted by molar-refractivity contribution is -0.107. The van der Waals surface area contributed by atoms with Gasteiger partial charge in [-0.3, -0.25) is 0 Å². The van der Waals surface area contributed by atoms with Crippen LogP contribution in [0.15, 0.2) is 42.5 Å². The molecule has 0 saturated carbocycles. The lowest BCUT2D eigenvalue weighted by atomic mass is 10.1. The van der Waals surface area contributed by atoms with Gasteiger partial charge in [-0.25, -0.2) is 0 Å². The highest BCUT2D eigenvalue weighted by Gasteiger charge is 2.10. The van der Waals surface area contributed by atoms with Gasteiger partial charge in [0, 0.05) is 13.5 Å². The normalized spacial score (nSPS) is 9.43. The van der Waals surface area contributed by atoms with Crippen LogP contribution in [0, 0.1) is 0 Å². The quantitative estimate of drug-likeness (QED) is 0.579. The Labute approximate surface area is 123 Å². The van der Waals surface area contributed by atoms with Crippen LogP contribution in [0.5, 0.6) is 17.2 Å². The third kappa shape index (κ3) is 4.81. The molecule has 112 valence electrons. The molecule has 0 aliphatic carbocycles. The minimum absolute atomic E-state index is 0.162. The molecule has 0 radical (unpaired) electrons. The number of aliphatic hydroxyl groups excluding tert-OH is 1. The smallest absolute Gasteiger partial charge is 0.200 e. The van der Waals surface area contributed by atoms with Gasteiger partial charge in [0.1, 0.15) is 12.9 Å². The van der Waals surface area contributed by atoms with Crippen molar-refractivity contribution in [3.8, 4) is 17.2 Å². The first kappa shape index (κ1) is 16.5. The fourth-order valence-corrected chi connectivity index (χ4v) is 1.71. The largest absolute Gasteiger partial charge is 0.504 e. The molecule has 0 fully saturated rings. The summed E-state index contributed by atoms with van der Waals surface area (Å²) in [5.41, 5.74) is 1.54. The predicted octanol–water partition coefficient (Wildman–Crippen LogP) is 2.03. The Kier molecular flexibility index (Phi) is 6.77. The molecule has 2 rings (SSSR count). The van der Waals surface area contributed by atoms with Crippen LogP contribution in [-0.4, -0.2) is 28.7 Å². The Hall–Kier alpha value is -2.53. The SMILES string of the molecule is CO.O=CCc1cc(O)c(O)c(OCc2ccccc2)c1. The topological polar surface area (TPSA) is 87.0 Å². The fraction of sp³-hybridized carbons (Fsp3) is 0.188. The molecule has 0 saturated heterocycles. The summed E-state index contributed by atoms with van der Waals surface area (Å²) in [5, 5.41) is 26.3. The van der Waals surface area contributed by atoms with E-state index in [1.54, 1.807) is 6.07 Å². The van der Waals surface area contributed by atoms with Gasteiger partial charge in [-0.1, -0.05) is 30.3 Å². The predicted molar refractivity (Wildman–Crippen MR) is 78.5 cm³/mol. The molecule has 5 heteroatoms. The molecule has 0 heterocycles. The Morgan fingerprint density at radius 2 is 1.71 bits per heavy atom. The molecule has 0 atom stereocenters. The summed E-state index contributed by atoms with van der Waals surface area (Å²) in [6.07, 6.45) is 0.891. The van der Waals surface area contributed by atoms with Crippen molar-refractivity contribution >= 4 is 6.29 Å². The van der Waals surface area contributed by atoms with Gasteiger partial charge in [0.15, 0.2) is 11.5 Å². The van der Waals surface area contributed by atoms with Crippen molar-refractivity contribution in [3.05, 3.63) is 53.6 Å². The van der Waals surface area contributed by atoms with Crippen molar-refractivity contribution < 1.29 is 24.9 Å². The number of benzene rings is 2. The second kappa shape index (κ2) is 8.60. The number of phenols is 2. The molecular formula is C16H18O5. The monoisotopic (exact) mass is 290 g/mol. The average molecular weight is 290 g/mol. The molecule has 2 aromatic carbocycles. The minimum Gasteiger partial charge on any atom is -0.504 e. The van der Waals surface area contributed by atoms with Crippen molar-refractivity contribution in [1.29, 1.82) is 0 Å². The van der Waals surface area contributed by atoms with Crippen molar-refractivity contribution in [2.45, 2.75) is 13.0 Å². The first-order valence-electron chi connectivity index (χ1n) is 6.30. The van der Waals surface area contributed by atoms with Gasteiger partial charge < -0.3 is 24.9 Å². The zero-order valence-corrected chi connectivity index (χ0v) is 11.7. The maximum atomic E-state index is 10.5. The summed E-state index contributed by atoms with van der Waals surface area (Å²) in [5.74, 6) is -0.436. The Bertz CT molecular complexity index is 566. The average Bonchev–Trinajstić information content (AvgIpc) is 2.52. The van der Waals surface area contributed by atoms with Crippen LogP contribution in [0.2, 0.25) is 0 Å². The van der Waals surface area contributed by atoms with Gasteiger partial charge in [0.25, 0.3) is 0 Å². The summed E-state index contributed by atoms with van der Waals surface area (Å²) in [7, 11) is 1.00. The van der Waals surface area contributed by atoms with E-state index in [2.05, 4.69) is 0 Å². The van der Waals surface area contributed by atoms with Crippen LogP contribution in [0.3, 0.4) is 0 Å². The summed E-state index contributed by atoms with van der Waals surface area (Å²) >= 11 is 0. The first-order valence-corrected chi connectivity index (χ1v) is 6.30. The molecule has 0 aliphatic rings. The van der Waals surface area contributed by atoms with Crippen LogP contribution in [0.4, 0.5) is 0 Å². The van der Waals surface area contributed by atoms with Gasteiger partial charge in [-0.2, -0.15) is 0 Å². The number of carbonyl (C=O) groups is 1.